The lowest BCUT2D eigenvalue weighted by atomic mass is 9.90. The summed E-state index contributed by atoms with van der Waals surface area (Å²) in [6.45, 7) is 4.62. The van der Waals surface area contributed by atoms with Crippen molar-refractivity contribution in [1.29, 1.82) is 0 Å². The lowest BCUT2D eigenvalue weighted by Gasteiger charge is -2.41. The van der Waals surface area contributed by atoms with Crippen LogP contribution >= 0.6 is 0 Å². The van der Waals surface area contributed by atoms with Crippen molar-refractivity contribution < 1.29 is 4.79 Å². The number of hydrogen-bond acceptors (Lipinski definition) is 7. The van der Waals surface area contributed by atoms with Crippen LogP contribution in [0.25, 0.3) is 22.3 Å². The molecular formula is C23H31N9O. The average Bonchev–Trinajstić information content (AvgIpc) is 3.21. The van der Waals surface area contributed by atoms with Crippen LogP contribution < -0.4 is 16.8 Å². The molecule has 5 rings (SSSR count). The van der Waals surface area contributed by atoms with E-state index in [0.717, 1.165) is 61.3 Å². The highest BCUT2D eigenvalue weighted by Gasteiger charge is 2.30. The predicted octanol–water partition coefficient (Wildman–Crippen LogP) is 2.30. The predicted molar refractivity (Wildman–Crippen MR) is 129 cm³/mol. The zero-order chi connectivity index (χ0) is 22.9. The molecule has 2 fully saturated rings. The van der Waals surface area contributed by atoms with Gasteiger partial charge in [-0.25, -0.2) is 19.4 Å². The van der Waals surface area contributed by atoms with Crippen LogP contribution in [-0.4, -0.2) is 74.8 Å². The van der Waals surface area contributed by atoms with Gasteiger partial charge in [-0.2, -0.15) is 5.10 Å². The minimum atomic E-state index is -0.595. The van der Waals surface area contributed by atoms with Gasteiger partial charge in [0.15, 0.2) is 5.65 Å². The number of piperazine rings is 1. The number of fused-ring (bicyclic) bond motifs is 1. The van der Waals surface area contributed by atoms with Crippen LogP contribution in [0.5, 0.6) is 0 Å². The molecular weight excluding hydrogens is 418 g/mol. The number of nitrogens with one attached hydrogen (secondary N) is 1. The molecule has 5 N–H and O–H groups in total. The van der Waals surface area contributed by atoms with Gasteiger partial charge in [0, 0.05) is 43.5 Å². The highest BCUT2D eigenvalue weighted by atomic mass is 16.2. The normalized spacial score (nSPS) is 22.5. The van der Waals surface area contributed by atoms with Gasteiger partial charge in [0.2, 0.25) is 0 Å². The highest BCUT2D eigenvalue weighted by Crippen LogP contribution is 2.37. The Morgan fingerprint density at radius 3 is 2.33 bits per heavy atom. The van der Waals surface area contributed by atoms with Crippen molar-refractivity contribution in [2.75, 3.05) is 44.3 Å². The maximum Gasteiger partial charge on any atom is 0.316 e. The van der Waals surface area contributed by atoms with E-state index >= 15 is 0 Å². The van der Waals surface area contributed by atoms with Crippen LogP contribution in [0.2, 0.25) is 0 Å². The van der Waals surface area contributed by atoms with Crippen molar-refractivity contribution in [3.63, 3.8) is 0 Å². The first kappa shape index (κ1) is 21.6. The summed E-state index contributed by atoms with van der Waals surface area (Å²) in [6.07, 6.45) is 5.98. The first-order valence-corrected chi connectivity index (χ1v) is 11.6. The maximum absolute atomic E-state index is 11.1. The Morgan fingerprint density at radius 1 is 1.00 bits per heavy atom. The number of urea groups is 1. The van der Waals surface area contributed by atoms with E-state index in [1.807, 2.05) is 12.1 Å². The number of hydrogen-bond donors (Lipinski definition) is 3. The van der Waals surface area contributed by atoms with E-state index < -0.39 is 6.03 Å². The van der Waals surface area contributed by atoms with Crippen molar-refractivity contribution >= 4 is 28.6 Å². The fraction of sp³-hybridized carbons (Fsp3) is 0.478. The van der Waals surface area contributed by atoms with Gasteiger partial charge < -0.3 is 21.7 Å². The molecule has 3 heterocycles. The Kier molecular flexibility index (Phi) is 5.86. The number of likely N-dealkylation sites (N-methyl/N-ethyl adjacent to an activating group) is 1. The van der Waals surface area contributed by atoms with E-state index in [4.69, 9.17) is 16.6 Å². The van der Waals surface area contributed by atoms with Crippen molar-refractivity contribution in [2.24, 2.45) is 5.73 Å². The number of nitrogens with two attached hydrogens (primary N) is 2. The van der Waals surface area contributed by atoms with Crippen LogP contribution in [0.4, 0.5) is 16.3 Å². The summed E-state index contributed by atoms with van der Waals surface area (Å²) >= 11 is 0. The summed E-state index contributed by atoms with van der Waals surface area (Å²) in [4.78, 5) is 25.0. The third kappa shape index (κ3) is 4.36. The molecule has 2 aliphatic rings. The van der Waals surface area contributed by atoms with Crippen LogP contribution in [0.15, 0.2) is 30.6 Å². The number of nitrogens with zero attached hydrogens (tertiary/aromatic N) is 6. The maximum atomic E-state index is 11.1. The smallest absolute Gasteiger partial charge is 0.316 e. The van der Waals surface area contributed by atoms with Crippen molar-refractivity contribution in [2.45, 2.75) is 37.8 Å². The van der Waals surface area contributed by atoms with Gasteiger partial charge in [-0.3, -0.25) is 4.90 Å². The molecule has 1 aliphatic carbocycles. The van der Waals surface area contributed by atoms with Crippen molar-refractivity contribution in [3.8, 4) is 11.3 Å². The molecule has 0 atom stereocenters. The summed E-state index contributed by atoms with van der Waals surface area (Å²) in [5.74, 6) is 0.423. The number of primary amides is 1. The highest BCUT2D eigenvalue weighted by molar-refractivity contribution is 5.98. The van der Waals surface area contributed by atoms with Gasteiger partial charge in [0.05, 0.1) is 11.4 Å². The quantitative estimate of drug-likeness (QED) is 0.557. The van der Waals surface area contributed by atoms with Gasteiger partial charge >= 0.3 is 6.03 Å². The Bertz CT molecular complexity index is 1130. The monoisotopic (exact) mass is 449 g/mol. The lowest BCUT2D eigenvalue weighted by molar-refractivity contribution is 0.0815. The van der Waals surface area contributed by atoms with Gasteiger partial charge in [-0.15, -0.1) is 0 Å². The van der Waals surface area contributed by atoms with Crippen LogP contribution in [0.1, 0.15) is 31.7 Å². The number of nitrogen functional groups attached to an aromatic ring is 1. The number of amides is 2. The molecule has 0 unspecified atom stereocenters. The minimum Gasteiger partial charge on any atom is -0.383 e. The van der Waals surface area contributed by atoms with E-state index in [2.05, 4.69) is 36.8 Å². The number of carbonyl (C=O) groups excluding carboxylic acids is 1. The van der Waals surface area contributed by atoms with Gasteiger partial charge in [0.25, 0.3) is 0 Å². The Morgan fingerprint density at radius 2 is 1.67 bits per heavy atom. The topological polar surface area (TPSA) is 131 Å². The minimum absolute atomic E-state index is 0.287. The second-order valence-electron chi connectivity index (χ2n) is 9.12. The van der Waals surface area contributed by atoms with E-state index in [1.165, 1.54) is 19.2 Å². The fourth-order valence-corrected chi connectivity index (χ4v) is 5.16. The molecule has 10 nitrogen and oxygen atoms in total. The zero-order valence-electron chi connectivity index (χ0n) is 18.9. The van der Waals surface area contributed by atoms with Crippen molar-refractivity contribution in [3.05, 3.63) is 30.6 Å². The lowest BCUT2D eigenvalue weighted by Crippen LogP contribution is -2.49. The first-order chi connectivity index (χ1) is 16.0. The third-order valence-corrected chi connectivity index (χ3v) is 7.01. The Balaban J connectivity index is 1.40. The SMILES string of the molecule is CN1CCN([C@H]2CC[C@H](n3nc(-c4ccc(NC(N)=O)cc4)c4c(N)ncnc43)CC2)CC1. The molecule has 3 aromatic rings. The van der Waals surface area contributed by atoms with Gasteiger partial charge in [-0.05, 0) is 44.9 Å². The Labute approximate surface area is 192 Å². The summed E-state index contributed by atoms with van der Waals surface area (Å²) in [6, 6.07) is 7.74. The van der Waals surface area contributed by atoms with E-state index in [9.17, 15) is 4.79 Å². The zero-order valence-corrected chi connectivity index (χ0v) is 18.9. The van der Waals surface area contributed by atoms with E-state index in [0.29, 0.717) is 17.5 Å². The number of benzene rings is 1. The number of rotatable bonds is 4. The summed E-state index contributed by atoms with van der Waals surface area (Å²) in [7, 11) is 2.20. The largest absolute Gasteiger partial charge is 0.383 e. The number of aromatic nitrogens is 4. The summed E-state index contributed by atoms with van der Waals surface area (Å²) in [5.41, 5.74) is 14.5. The molecule has 174 valence electrons. The molecule has 33 heavy (non-hydrogen) atoms. The number of carbonyl (C=O) groups is 1. The van der Waals surface area contributed by atoms with Crippen LogP contribution in [-0.2, 0) is 0 Å². The second kappa shape index (κ2) is 8.95. The fourth-order valence-electron chi connectivity index (χ4n) is 5.16. The molecule has 0 spiro atoms. The molecule has 1 aromatic carbocycles. The molecule has 10 heteroatoms. The summed E-state index contributed by atoms with van der Waals surface area (Å²) in [5, 5.41) is 8.34. The number of anilines is 2. The second-order valence-corrected chi connectivity index (χ2v) is 9.12. The van der Waals surface area contributed by atoms with Crippen LogP contribution in [0.3, 0.4) is 0 Å². The molecule has 2 aromatic heterocycles. The Hall–Kier alpha value is -3.24. The molecule has 1 saturated carbocycles. The summed E-state index contributed by atoms with van der Waals surface area (Å²) < 4.78 is 2.05. The van der Waals surface area contributed by atoms with E-state index in [-0.39, 0.29) is 6.04 Å². The van der Waals surface area contributed by atoms with Crippen LogP contribution in [0, 0.1) is 0 Å². The molecule has 0 radical (unpaired) electrons. The van der Waals surface area contributed by atoms with Gasteiger partial charge in [0.1, 0.15) is 17.8 Å². The van der Waals surface area contributed by atoms with Crippen molar-refractivity contribution in [1.82, 2.24) is 29.5 Å². The molecule has 0 bridgehead atoms. The molecule has 1 aliphatic heterocycles. The first-order valence-electron chi connectivity index (χ1n) is 11.6. The standard InChI is InChI=1S/C23H31N9O/c1-30-10-12-31(13-11-30)17-6-8-18(9-7-17)32-22-19(21(24)26-14-27-22)20(29-32)15-2-4-16(5-3-15)28-23(25)33/h2-5,14,17-18H,6-13H2,1H3,(H2,24,26,27)(H3,25,28,33)/t17-,18-. The molecule has 1 saturated heterocycles. The van der Waals surface area contributed by atoms with Gasteiger partial charge in [-0.1, -0.05) is 12.1 Å². The average molecular weight is 450 g/mol. The molecule has 2 amide bonds. The third-order valence-electron chi connectivity index (χ3n) is 7.01. The van der Waals surface area contributed by atoms with E-state index in [1.54, 1.807) is 12.1 Å².